The average molecular weight is 353 g/mol. The van der Waals surface area contributed by atoms with E-state index in [4.69, 9.17) is 4.42 Å². The fraction of sp³-hybridized carbons (Fsp3) is 0.250. The summed E-state index contributed by atoms with van der Waals surface area (Å²) in [5.41, 5.74) is 2.26. The minimum atomic E-state index is -0.355. The van der Waals surface area contributed by atoms with Crippen LogP contribution in [0.3, 0.4) is 0 Å². The Bertz CT molecular complexity index is 893. The van der Waals surface area contributed by atoms with Gasteiger partial charge in [0, 0.05) is 31.5 Å². The van der Waals surface area contributed by atoms with Crippen molar-refractivity contribution in [1.29, 1.82) is 0 Å². The molecule has 0 radical (unpaired) electrons. The molecule has 3 aromatic rings. The van der Waals surface area contributed by atoms with Crippen LogP contribution in [0.2, 0.25) is 0 Å². The number of rotatable bonds is 6. The van der Waals surface area contributed by atoms with Crippen molar-refractivity contribution in [2.24, 2.45) is 0 Å². The van der Waals surface area contributed by atoms with E-state index in [9.17, 15) is 9.18 Å². The molecule has 3 rings (SSSR count). The number of likely N-dealkylation sites (N-methyl/N-ethyl adjacent to an activating group) is 1. The van der Waals surface area contributed by atoms with Crippen LogP contribution in [0, 0.1) is 12.7 Å². The number of halogens is 1. The predicted octanol–water partition coefficient (Wildman–Crippen LogP) is 3.43. The smallest absolute Gasteiger partial charge is 0.228 e. The molecule has 134 valence electrons. The van der Waals surface area contributed by atoms with Gasteiger partial charge in [0.15, 0.2) is 0 Å². The molecule has 0 saturated heterocycles. The number of hydrogen-bond acceptors (Lipinski definition) is 4. The third-order valence-corrected chi connectivity index (χ3v) is 4.19. The Hall–Kier alpha value is -3.02. The van der Waals surface area contributed by atoms with Crippen LogP contribution in [0.1, 0.15) is 17.0 Å². The lowest BCUT2D eigenvalue weighted by atomic mass is 10.2. The monoisotopic (exact) mass is 353 g/mol. The van der Waals surface area contributed by atoms with Gasteiger partial charge in [-0.3, -0.25) is 9.78 Å². The first-order chi connectivity index (χ1) is 12.5. The van der Waals surface area contributed by atoms with E-state index in [1.54, 1.807) is 43.4 Å². The highest BCUT2D eigenvalue weighted by Gasteiger charge is 2.17. The van der Waals surface area contributed by atoms with E-state index in [1.165, 1.54) is 12.1 Å². The van der Waals surface area contributed by atoms with Crippen molar-refractivity contribution in [3.63, 3.8) is 0 Å². The molecule has 2 heterocycles. The maximum Gasteiger partial charge on any atom is 0.228 e. The predicted molar refractivity (Wildman–Crippen MR) is 95.9 cm³/mol. The third kappa shape index (κ3) is 4.33. The lowest BCUT2D eigenvalue weighted by Crippen LogP contribution is -2.30. The fourth-order valence-corrected chi connectivity index (χ4v) is 2.59. The summed E-state index contributed by atoms with van der Waals surface area (Å²) in [7, 11) is 1.77. The summed E-state index contributed by atoms with van der Waals surface area (Å²) in [6.45, 7) is 2.37. The van der Waals surface area contributed by atoms with Gasteiger partial charge < -0.3 is 9.32 Å². The van der Waals surface area contributed by atoms with Gasteiger partial charge in [-0.15, -0.1) is 0 Å². The maximum atomic E-state index is 13.4. The second-order valence-electron chi connectivity index (χ2n) is 6.13. The number of aryl methyl sites for hydroxylation is 1. The number of benzene rings is 1. The van der Waals surface area contributed by atoms with E-state index in [0.29, 0.717) is 29.5 Å². The molecule has 0 aliphatic carbocycles. The van der Waals surface area contributed by atoms with Crippen molar-refractivity contribution in [2.75, 3.05) is 13.6 Å². The van der Waals surface area contributed by atoms with E-state index >= 15 is 0 Å². The first-order valence-corrected chi connectivity index (χ1v) is 8.38. The molecule has 0 saturated carbocycles. The molecule has 2 aromatic heterocycles. The molecule has 0 spiro atoms. The highest BCUT2D eigenvalue weighted by atomic mass is 19.1. The zero-order valence-corrected chi connectivity index (χ0v) is 14.8. The average Bonchev–Trinajstić information content (AvgIpc) is 3.01. The van der Waals surface area contributed by atoms with Gasteiger partial charge in [-0.1, -0.05) is 6.07 Å². The fourth-order valence-electron chi connectivity index (χ4n) is 2.59. The summed E-state index contributed by atoms with van der Waals surface area (Å²) < 4.78 is 19.0. The molecule has 0 aliphatic rings. The highest BCUT2D eigenvalue weighted by Crippen LogP contribution is 2.22. The number of carbonyl (C=O) groups excluding carboxylic acids is 1. The highest BCUT2D eigenvalue weighted by molar-refractivity contribution is 5.78. The molecule has 26 heavy (non-hydrogen) atoms. The van der Waals surface area contributed by atoms with Gasteiger partial charge in [-0.05, 0) is 49.2 Å². The molecule has 0 atom stereocenters. The van der Waals surface area contributed by atoms with Crippen LogP contribution >= 0.6 is 0 Å². The molecule has 0 fully saturated rings. The SMILES string of the molecule is Cc1oc(-c2cccc(F)c2)nc1CC(=O)N(C)CCc1ccncc1. The van der Waals surface area contributed by atoms with Crippen LogP contribution in [0.4, 0.5) is 4.39 Å². The zero-order chi connectivity index (χ0) is 18.5. The molecule has 1 aromatic carbocycles. The Morgan fingerprint density at radius 2 is 2.00 bits per heavy atom. The largest absolute Gasteiger partial charge is 0.441 e. The molecule has 6 heteroatoms. The van der Waals surface area contributed by atoms with E-state index in [-0.39, 0.29) is 18.1 Å². The van der Waals surface area contributed by atoms with Crippen molar-refractivity contribution in [2.45, 2.75) is 19.8 Å². The molecule has 0 aliphatic heterocycles. The summed E-state index contributed by atoms with van der Waals surface area (Å²) in [5.74, 6) is 0.498. The van der Waals surface area contributed by atoms with E-state index in [2.05, 4.69) is 9.97 Å². The summed E-state index contributed by atoms with van der Waals surface area (Å²) in [6, 6.07) is 9.92. The van der Waals surface area contributed by atoms with Gasteiger partial charge in [-0.2, -0.15) is 0 Å². The second-order valence-corrected chi connectivity index (χ2v) is 6.13. The van der Waals surface area contributed by atoms with Crippen LogP contribution in [0.5, 0.6) is 0 Å². The van der Waals surface area contributed by atoms with E-state index in [0.717, 1.165) is 12.0 Å². The Morgan fingerprint density at radius 3 is 2.73 bits per heavy atom. The Balaban J connectivity index is 1.64. The standard InChI is InChI=1S/C20H20FN3O2/c1-14-18(23-20(26-14)16-4-3-5-17(21)12-16)13-19(25)24(2)11-8-15-6-9-22-10-7-15/h3-7,9-10,12H,8,11,13H2,1-2H3. The summed E-state index contributed by atoms with van der Waals surface area (Å²) in [5, 5.41) is 0. The van der Waals surface area contributed by atoms with Crippen molar-refractivity contribution in [3.8, 4) is 11.5 Å². The number of carbonyl (C=O) groups is 1. The first kappa shape index (κ1) is 17.8. The van der Waals surface area contributed by atoms with Crippen molar-refractivity contribution in [1.82, 2.24) is 14.9 Å². The minimum absolute atomic E-state index is 0.0405. The normalized spacial score (nSPS) is 10.7. The molecular formula is C20H20FN3O2. The Morgan fingerprint density at radius 1 is 1.23 bits per heavy atom. The zero-order valence-electron chi connectivity index (χ0n) is 14.8. The Kier molecular flexibility index (Phi) is 5.41. The van der Waals surface area contributed by atoms with Gasteiger partial charge in [0.1, 0.15) is 11.6 Å². The quantitative estimate of drug-likeness (QED) is 0.681. The number of amides is 1. The third-order valence-electron chi connectivity index (χ3n) is 4.19. The van der Waals surface area contributed by atoms with E-state index in [1.807, 2.05) is 12.1 Å². The van der Waals surface area contributed by atoms with Gasteiger partial charge >= 0.3 is 0 Å². The van der Waals surface area contributed by atoms with Crippen molar-refractivity contribution >= 4 is 5.91 Å². The van der Waals surface area contributed by atoms with Crippen molar-refractivity contribution < 1.29 is 13.6 Å². The lowest BCUT2D eigenvalue weighted by molar-refractivity contribution is -0.129. The Labute approximate surface area is 151 Å². The van der Waals surface area contributed by atoms with Crippen LogP contribution in [0.25, 0.3) is 11.5 Å². The molecule has 0 unspecified atom stereocenters. The molecule has 1 amide bonds. The van der Waals surface area contributed by atoms with Crippen LogP contribution in [-0.2, 0) is 17.6 Å². The number of aromatic nitrogens is 2. The summed E-state index contributed by atoms with van der Waals surface area (Å²) in [6.07, 6.45) is 4.39. The van der Waals surface area contributed by atoms with Gasteiger partial charge in [0.2, 0.25) is 11.8 Å². The molecular weight excluding hydrogens is 333 g/mol. The summed E-state index contributed by atoms with van der Waals surface area (Å²) >= 11 is 0. The molecule has 0 bridgehead atoms. The van der Waals surface area contributed by atoms with Gasteiger partial charge in [0.05, 0.1) is 12.1 Å². The van der Waals surface area contributed by atoms with Gasteiger partial charge in [-0.25, -0.2) is 9.37 Å². The second kappa shape index (κ2) is 7.91. The minimum Gasteiger partial charge on any atom is -0.441 e. The van der Waals surface area contributed by atoms with Crippen LogP contribution < -0.4 is 0 Å². The molecule has 0 N–H and O–H groups in total. The van der Waals surface area contributed by atoms with Crippen molar-refractivity contribution in [3.05, 3.63) is 71.6 Å². The lowest BCUT2D eigenvalue weighted by Gasteiger charge is -2.16. The number of oxazole rings is 1. The first-order valence-electron chi connectivity index (χ1n) is 8.38. The van der Waals surface area contributed by atoms with E-state index < -0.39 is 0 Å². The molecule has 5 nitrogen and oxygen atoms in total. The number of pyridine rings is 1. The van der Waals surface area contributed by atoms with Crippen LogP contribution in [0.15, 0.2) is 53.2 Å². The number of nitrogens with zero attached hydrogens (tertiary/aromatic N) is 3. The summed E-state index contributed by atoms with van der Waals surface area (Å²) in [4.78, 5) is 22.5. The van der Waals surface area contributed by atoms with Gasteiger partial charge in [0.25, 0.3) is 0 Å². The maximum absolute atomic E-state index is 13.4. The number of hydrogen-bond donors (Lipinski definition) is 0. The topological polar surface area (TPSA) is 59.2 Å². The van der Waals surface area contributed by atoms with Crippen LogP contribution in [-0.4, -0.2) is 34.4 Å².